The molecule has 1 rings (SSSR count). The standard InChI is InChI=1S/C15H26N2O7/c1-8(19)16-10-6-17(14(22)24-15(3,4)5)11(7-18)12(21)13(10)23-9(2)20/h10-13,18,21H,6-7H2,1-5H3,(H,16,19)/t10-,11+,12-,13+/m0/s1. The lowest BCUT2D eigenvalue weighted by Crippen LogP contribution is -2.68. The van der Waals surface area contributed by atoms with E-state index >= 15 is 0 Å². The van der Waals surface area contributed by atoms with Crippen LogP contribution in [0.4, 0.5) is 4.79 Å². The molecule has 1 aliphatic rings. The first-order valence-corrected chi connectivity index (χ1v) is 7.69. The minimum absolute atomic E-state index is 0.0747. The molecule has 0 radical (unpaired) electrons. The van der Waals surface area contributed by atoms with Gasteiger partial charge in [0.05, 0.1) is 18.7 Å². The summed E-state index contributed by atoms with van der Waals surface area (Å²) in [5, 5.41) is 22.6. The van der Waals surface area contributed by atoms with Crippen molar-refractivity contribution in [1.29, 1.82) is 0 Å². The average Bonchev–Trinajstić information content (AvgIpc) is 2.39. The van der Waals surface area contributed by atoms with Crippen LogP contribution >= 0.6 is 0 Å². The molecule has 3 N–H and O–H groups in total. The molecular formula is C15H26N2O7. The normalized spacial score (nSPS) is 27.4. The summed E-state index contributed by atoms with van der Waals surface area (Å²) < 4.78 is 10.4. The Labute approximate surface area is 140 Å². The van der Waals surface area contributed by atoms with Crippen molar-refractivity contribution in [2.24, 2.45) is 0 Å². The van der Waals surface area contributed by atoms with E-state index in [4.69, 9.17) is 9.47 Å². The van der Waals surface area contributed by atoms with Crippen LogP contribution in [0.25, 0.3) is 0 Å². The topological polar surface area (TPSA) is 125 Å². The van der Waals surface area contributed by atoms with Crippen LogP contribution in [0.15, 0.2) is 0 Å². The molecule has 0 spiro atoms. The SMILES string of the molecule is CC(=O)N[C@H]1CN(C(=O)OC(C)(C)C)[C@H](CO)[C@H](O)[C@@H]1OC(C)=O. The lowest BCUT2D eigenvalue weighted by Gasteiger charge is -2.45. The monoisotopic (exact) mass is 346 g/mol. The lowest BCUT2D eigenvalue weighted by molar-refractivity contribution is -0.167. The van der Waals surface area contributed by atoms with Crippen LogP contribution in [-0.2, 0) is 19.1 Å². The van der Waals surface area contributed by atoms with E-state index in [0.717, 1.165) is 4.90 Å². The highest BCUT2D eigenvalue weighted by atomic mass is 16.6. The van der Waals surface area contributed by atoms with Gasteiger partial charge in [-0.15, -0.1) is 0 Å². The molecule has 1 fully saturated rings. The molecule has 138 valence electrons. The van der Waals surface area contributed by atoms with Gasteiger partial charge in [-0.2, -0.15) is 0 Å². The predicted molar refractivity (Wildman–Crippen MR) is 83.0 cm³/mol. The van der Waals surface area contributed by atoms with Gasteiger partial charge in [-0.1, -0.05) is 0 Å². The predicted octanol–water partition coefficient (Wildman–Crippen LogP) is -0.605. The number of nitrogens with one attached hydrogen (secondary N) is 1. The number of aliphatic hydroxyl groups is 2. The summed E-state index contributed by atoms with van der Waals surface area (Å²) in [7, 11) is 0. The number of hydrogen-bond donors (Lipinski definition) is 3. The second-order valence-corrected chi connectivity index (χ2v) is 6.75. The Morgan fingerprint density at radius 2 is 1.83 bits per heavy atom. The van der Waals surface area contributed by atoms with Crippen molar-refractivity contribution in [3.63, 3.8) is 0 Å². The van der Waals surface area contributed by atoms with E-state index in [-0.39, 0.29) is 6.54 Å². The minimum atomic E-state index is -1.38. The Balaban J connectivity index is 3.07. The maximum absolute atomic E-state index is 12.3. The van der Waals surface area contributed by atoms with Gasteiger partial charge in [0, 0.05) is 20.4 Å². The van der Waals surface area contributed by atoms with Gasteiger partial charge in [0.15, 0.2) is 6.10 Å². The third kappa shape index (κ3) is 5.34. The van der Waals surface area contributed by atoms with Crippen molar-refractivity contribution in [2.45, 2.75) is 64.5 Å². The van der Waals surface area contributed by atoms with Gasteiger partial charge in [0.2, 0.25) is 5.91 Å². The Morgan fingerprint density at radius 3 is 2.25 bits per heavy atom. The first-order chi connectivity index (χ1) is 11.0. The summed E-state index contributed by atoms with van der Waals surface area (Å²) in [6.45, 7) is 6.88. The molecule has 0 aromatic rings. The van der Waals surface area contributed by atoms with E-state index in [0.29, 0.717) is 0 Å². The fraction of sp³-hybridized carbons (Fsp3) is 0.800. The van der Waals surface area contributed by atoms with Gasteiger partial charge in [-0.05, 0) is 20.8 Å². The Hall–Kier alpha value is -1.87. The number of rotatable bonds is 3. The van der Waals surface area contributed by atoms with Crippen LogP contribution in [0.2, 0.25) is 0 Å². The third-order valence-electron chi connectivity index (χ3n) is 3.43. The second-order valence-electron chi connectivity index (χ2n) is 6.75. The number of esters is 1. The number of likely N-dealkylation sites (tertiary alicyclic amines) is 1. The molecule has 0 aliphatic carbocycles. The Kier molecular flexibility index (Phi) is 6.56. The maximum Gasteiger partial charge on any atom is 0.410 e. The molecule has 9 heteroatoms. The molecule has 0 saturated carbocycles. The van der Waals surface area contributed by atoms with Gasteiger partial charge in [0.1, 0.15) is 11.7 Å². The highest BCUT2D eigenvalue weighted by Crippen LogP contribution is 2.24. The molecular weight excluding hydrogens is 320 g/mol. The third-order valence-corrected chi connectivity index (χ3v) is 3.43. The number of aliphatic hydroxyl groups excluding tert-OH is 2. The number of amides is 2. The summed E-state index contributed by atoms with van der Waals surface area (Å²) in [4.78, 5) is 36.1. The van der Waals surface area contributed by atoms with Crippen LogP contribution in [0, 0.1) is 0 Å². The summed E-state index contributed by atoms with van der Waals surface area (Å²) in [6, 6.07) is -1.84. The molecule has 9 nitrogen and oxygen atoms in total. The number of piperidine rings is 1. The van der Waals surface area contributed by atoms with Crippen molar-refractivity contribution < 1.29 is 34.1 Å². The smallest absolute Gasteiger partial charge is 0.410 e. The Bertz CT molecular complexity index is 489. The van der Waals surface area contributed by atoms with Crippen molar-refractivity contribution >= 4 is 18.0 Å². The quantitative estimate of drug-likeness (QED) is 0.582. The molecule has 1 heterocycles. The van der Waals surface area contributed by atoms with Crippen LogP contribution in [0.1, 0.15) is 34.6 Å². The fourth-order valence-corrected chi connectivity index (χ4v) is 2.56. The Morgan fingerprint density at radius 1 is 1.25 bits per heavy atom. The number of carbonyl (C=O) groups excluding carboxylic acids is 3. The number of nitrogens with zero attached hydrogens (tertiary/aromatic N) is 1. The van der Waals surface area contributed by atoms with E-state index in [1.165, 1.54) is 13.8 Å². The highest BCUT2D eigenvalue weighted by Gasteiger charge is 2.47. The molecule has 2 amide bonds. The van der Waals surface area contributed by atoms with E-state index in [2.05, 4.69) is 5.32 Å². The zero-order valence-corrected chi connectivity index (χ0v) is 14.6. The molecule has 4 atom stereocenters. The highest BCUT2D eigenvalue weighted by molar-refractivity contribution is 5.74. The second kappa shape index (κ2) is 7.80. The van der Waals surface area contributed by atoms with Crippen molar-refractivity contribution in [3.05, 3.63) is 0 Å². The van der Waals surface area contributed by atoms with E-state index in [1.54, 1.807) is 20.8 Å². The van der Waals surface area contributed by atoms with Crippen LogP contribution in [-0.4, -0.2) is 76.1 Å². The molecule has 0 bridgehead atoms. The van der Waals surface area contributed by atoms with Gasteiger partial charge in [0.25, 0.3) is 0 Å². The first kappa shape index (κ1) is 20.2. The molecule has 0 aromatic heterocycles. The van der Waals surface area contributed by atoms with Gasteiger partial charge >= 0.3 is 12.1 Å². The van der Waals surface area contributed by atoms with Crippen molar-refractivity contribution in [3.8, 4) is 0 Å². The van der Waals surface area contributed by atoms with E-state index in [1.807, 2.05) is 0 Å². The maximum atomic E-state index is 12.3. The van der Waals surface area contributed by atoms with Crippen LogP contribution in [0.3, 0.4) is 0 Å². The largest absolute Gasteiger partial charge is 0.457 e. The number of hydrogen-bond acceptors (Lipinski definition) is 7. The fourth-order valence-electron chi connectivity index (χ4n) is 2.56. The average molecular weight is 346 g/mol. The van der Waals surface area contributed by atoms with Crippen LogP contribution in [0.5, 0.6) is 0 Å². The van der Waals surface area contributed by atoms with E-state index in [9.17, 15) is 24.6 Å². The number of ether oxygens (including phenoxy) is 2. The van der Waals surface area contributed by atoms with Crippen LogP contribution < -0.4 is 5.32 Å². The zero-order chi connectivity index (χ0) is 18.7. The van der Waals surface area contributed by atoms with Gasteiger partial charge < -0.3 is 25.0 Å². The molecule has 1 saturated heterocycles. The molecule has 0 unspecified atom stereocenters. The molecule has 1 aliphatic heterocycles. The van der Waals surface area contributed by atoms with Gasteiger partial charge in [-0.3, -0.25) is 14.5 Å². The van der Waals surface area contributed by atoms with Gasteiger partial charge in [-0.25, -0.2) is 4.79 Å². The zero-order valence-electron chi connectivity index (χ0n) is 14.6. The lowest BCUT2D eigenvalue weighted by atomic mass is 9.92. The minimum Gasteiger partial charge on any atom is -0.457 e. The molecule has 0 aromatic carbocycles. The summed E-state index contributed by atoms with van der Waals surface area (Å²) >= 11 is 0. The molecule has 24 heavy (non-hydrogen) atoms. The van der Waals surface area contributed by atoms with E-state index < -0.39 is 54.5 Å². The summed E-state index contributed by atoms with van der Waals surface area (Å²) in [5.41, 5.74) is -0.766. The summed E-state index contributed by atoms with van der Waals surface area (Å²) in [6.07, 6.45) is -3.20. The summed E-state index contributed by atoms with van der Waals surface area (Å²) in [5.74, 6) is -1.05. The van der Waals surface area contributed by atoms with Crippen molar-refractivity contribution in [1.82, 2.24) is 10.2 Å². The van der Waals surface area contributed by atoms with Crippen molar-refractivity contribution in [2.75, 3.05) is 13.2 Å². The first-order valence-electron chi connectivity index (χ1n) is 7.69. The number of carbonyl (C=O) groups is 3.